The molecule has 11 nitrogen and oxygen atoms in total. The average Bonchev–Trinajstić information content (AvgIpc) is 3.06. The number of ketones is 2. The first-order valence-electron chi connectivity index (χ1n) is 13.8. The Balaban J connectivity index is 0.000000266. The molecule has 4 rings (SSSR count). The fraction of sp³-hybridized carbons (Fsp3) is 0.267. The fourth-order valence-electron chi connectivity index (χ4n) is 3.94. The van der Waals surface area contributed by atoms with Crippen LogP contribution in [0.5, 0.6) is 11.5 Å². The van der Waals surface area contributed by atoms with Crippen molar-refractivity contribution in [2.24, 2.45) is 0 Å². The molecule has 4 N–H and O–H groups in total. The molecule has 2 heterocycles. The first-order valence-corrected chi connectivity index (χ1v) is 16.1. The van der Waals surface area contributed by atoms with Crippen molar-refractivity contribution in [3.63, 3.8) is 0 Å². The van der Waals surface area contributed by atoms with E-state index in [-0.39, 0.29) is 56.3 Å². The van der Waals surface area contributed by atoms with Gasteiger partial charge in [0.25, 0.3) is 0 Å². The molecule has 0 saturated carbocycles. The minimum absolute atomic E-state index is 0.00788. The molecule has 0 aliphatic rings. The molecule has 0 bridgehead atoms. The van der Waals surface area contributed by atoms with Gasteiger partial charge >= 0.3 is 12.4 Å². The highest BCUT2D eigenvalue weighted by atomic mass is 32.2. The Bertz CT molecular complexity index is 1870. The Hall–Kier alpha value is -4.78. The minimum atomic E-state index is -4.57. The third-order valence-electron chi connectivity index (χ3n) is 6.37. The number of rotatable bonds is 10. The largest absolute Gasteiger partial charge is 0.496 e. The summed E-state index contributed by atoms with van der Waals surface area (Å²) in [5.41, 5.74) is 9.37. The third kappa shape index (κ3) is 9.44. The molecule has 0 aliphatic heterocycles. The predicted molar refractivity (Wildman–Crippen MR) is 169 cm³/mol. The van der Waals surface area contributed by atoms with Crippen molar-refractivity contribution in [1.82, 2.24) is 19.9 Å². The number of alkyl halides is 6. The number of nitrogens with zero attached hydrogens (tertiary/aromatic N) is 4. The van der Waals surface area contributed by atoms with Crippen molar-refractivity contribution in [1.29, 1.82) is 0 Å². The van der Waals surface area contributed by atoms with Gasteiger partial charge in [-0.15, -0.1) is 0 Å². The van der Waals surface area contributed by atoms with Crippen LogP contribution < -0.4 is 20.9 Å². The average molecular weight is 731 g/mol. The standard InChI is InChI=1S/C15H14F3N3O3S.C15H14F3N3O2S/c1-3-25(23)14-20-7-10(13(19)21-14)12(22)9-5-4-8(15(16,17)18)6-11(9)24-2;1-3-24-14-20-7-10(13(19)21-14)12(22)9-5-4-8(15(16,17)18)6-11(9)23-2/h4-7H,3H2,1-2H3,(H2,19,20,21);4-7H,3H2,1-2H3,(H2,19,20,21). The number of aromatic nitrogens is 4. The van der Waals surface area contributed by atoms with Crippen molar-refractivity contribution >= 4 is 45.8 Å². The number of nitrogen functional groups attached to an aromatic ring is 2. The van der Waals surface area contributed by atoms with Crippen LogP contribution in [0.15, 0.2) is 59.1 Å². The van der Waals surface area contributed by atoms with E-state index in [2.05, 4.69) is 19.9 Å². The SMILES string of the molecule is CCS(=O)c1ncc(C(=O)c2ccc(C(F)(F)F)cc2OC)c(N)n1.CCSc1ncc(C(=O)c2ccc(C(F)(F)F)cc2OC)c(N)n1. The van der Waals surface area contributed by atoms with Crippen molar-refractivity contribution in [3.8, 4) is 11.5 Å². The summed E-state index contributed by atoms with van der Waals surface area (Å²) in [5.74, 6) is -0.977. The molecule has 0 spiro atoms. The van der Waals surface area contributed by atoms with Gasteiger partial charge in [-0.2, -0.15) is 26.3 Å². The second kappa shape index (κ2) is 16.1. The fourth-order valence-corrected chi connectivity index (χ4v) is 5.12. The number of ether oxygens (including phenoxy) is 2. The normalized spacial score (nSPS) is 12.0. The zero-order valence-electron chi connectivity index (χ0n) is 26.1. The van der Waals surface area contributed by atoms with Gasteiger partial charge in [0, 0.05) is 18.1 Å². The molecule has 1 atom stereocenters. The van der Waals surface area contributed by atoms with Crippen molar-refractivity contribution < 1.29 is 49.6 Å². The van der Waals surface area contributed by atoms with Gasteiger partial charge in [0.05, 0.1) is 58.4 Å². The maximum absolute atomic E-state index is 12.8. The monoisotopic (exact) mass is 730 g/mol. The molecule has 49 heavy (non-hydrogen) atoms. The van der Waals surface area contributed by atoms with E-state index in [4.69, 9.17) is 20.9 Å². The van der Waals surface area contributed by atoms with Crippen LogP contribution in [0.1, 0.15) is 56.8 Å². The quantitative estimate of drug-likeness (QED) is 0.0861. The second-order valence-corrected chi connectivity index (χ2v) is 12.3. The van der Waals surface area contributed by atoms with Crippen LogP contribution >= 0.6 is 11.8 Å². The van der Waals surface area contributed by atoms with Crippen LogP contribution in [-0.4, -0.2) is 61.4 Å². The minimum Gasteiger partial charge on any atom is -0.496 e. The number of thioether (sulfide) groups is 1. The van der Waals surface area contributed by atoms with Crippen LogP contribution in [0.2, 0.25) is 0 Å². The number of carbonyl (C=O) groups is 2. The lowest BCUT2D eigenvalue weighted by molar-refractivity contribution is -0.138. The highest BCUT2D eigenvalue weighted by Crippen LogP contribution is 2.35. The molecule has 262 valence electrons. The van der Waals surface area contributed by atoms with Crippen molar-refractivity contribution in [2.45, 2.75) is 36.5 Å². The van der Waals surface area contributed by atoms with Crippen LogP contribution in [0.4, 0.5) is 38.0 Å². The van der Waals surface area contributed by atoms with Gasteiger partial charge in [0.2, 0.25) is 16.7 Å². The molecular weight excluding hydrogens is 702 g/mol. The van der Waals surface area contributed by atoms with Crippen LogP contribution in [-0.2, 0) is 23.2 Å². The number of methoxy groups -OCH3 is 2. The molecule has 0 radical (unpaired) electrons. The predicted octanol–water partition coefficient (Wildman–Crippen LogP) is 5.87. The maximum atomic E-state index is 12.8. The molecule has 0 fully saturated rings. The van der Waals surface area contributed by atoms with E-state index in [1.54, 1.807) is 6.92 Å². The number of benzene rings is 2. The molecular formula is C30H28F6N6O5S2. The van der Waals surface area contributed by atoms with E-state index < -0.39 is 45.8 Å². The lowest BCUT2D eigenvalue weighted by atomic mass is 10.0. The highest BCUT2D eigenvalue weighted by molar-refractivity contribution is 7.99. The Kier molecular flexibility index (Phi) is 12.7. The topological polar surface area (TPSA) is 173 Å². The molecule has 19 heteroatoms. The smallest absolute Gasteiger partial charge is 0.416 e. The summed E-state index contributed by atoms with van der Waals surface area (Å²) < 4.78 is 98.1. The molecule has 1 unspecified atom stereocenters. The first kappa shape index (κ1) is 38.7. The van der Waals surface area contributed by atoms with Crippen LogP contribution in [0.25, 0.3) is 0 Å². The van der Waals surface area contributed by atoms with Crippen molar-refractivity contribution in [2.75, 3.05) is 37.2 Å². The molecule has 2 aromatic carbocycles. The summed E-state index contributed by atoms with van der Waals surface area (Å²) in [4.78, 5) is 40.8. The molecule has 0 amide bonds. The van der Waals surface area contributed by atoms with Gasteiger partial charge in [-0.25, -0.2) is 19.9 Å². The van der Waals surface area contributed by atoms with Gasteiger partial charge in [-0.1, -0.05) is 25.6 Å². The Morgan fingerprint density at radius 2 is 1.20 bits per heavy atom. The van der Waals surface area contributed by atoms with E-state index in [0.29, 0.717) is 5.16 Å². The van der Waals surface area contributed by atoms with Gasteiger partial charge in [-0.05, 0) is 42.2 Å². The van der Waals surface area contributed by atoms with Crippen molar-refractivity contribution in [3.05, 3.63) is 82.2 Å². The zero-order valence-corrected chi connectivity index (χ0v) is 27.7. The molecule has 2 aromatic heterocycles. The van der Waals surface area contributed by atoms with E-state index in [1.807, 2.05) is 6.92 Å². The zero-order chi connectivity index (χ0) is 36.7. The Morgan fingerprint density at radius 3 is 1.57 bits per heavy atom. The van der Waals surface area contributed by atoms with Crippen LogP contribution in [0, 0.1) is 0 Å². The maximum Gasteiger partial charge on any atom is 0.416 e. The summed E-state index contributed by atoms with van der Waals surface area (Å²) in [6, 6.07) is 5.14. The Labute approximate surface area is 282 Å². The van der Waals surface area contributed by atoms with Gasteiger partial charge in [0.1, 0.15) is 23.1 Å². The number of halogens is 6. The number of nitrogens with two attached hydrogens (primary N) is 2. The number of hydrogen-bond acceptors (Lipinski definition) is 12. The number of hydrogen-bond donors (Lipinski definition) is 2. The van der Waals surface area contributed by atoms with Crippen LogP contribution in [0.3, 0.4) is 0 Å². The summed E-state index contributed by atoms with van der Waals surface area (Å²) in [6.07, 6.45) is -6.73. The van der Waals surface area contributed by atoms with E-state index in [1.165, 1.54) is 25.1 Å². The Morgan fingerprint density at radius 1 is 0.755 bits per heavy atom. The summed E-state index contributed by atoms with van der Waals surface area (Å²) in [6.45, 7) is 3.58. The van der Waals surface area contributed by atoms with Gasteiger partial charge in [0.15, 0.2) is 5.16 Å². The van der Waals surface area contributed by atoms with E-state index in [9.17, 15) is 40.1 Å². The third-order valence-corrected chi connectivity index (χ3v) is 8.24. The molecule has 0 aliphatic carbocycles. The summed E-state index contributed by atoms with van der Waals surface area (Å²) in [7, 11) is 0.891. The van der Waals surface area contributed by atoms with Gasteiger partial charge in [-0.3, -0.25) is 13.8 Å². The highest BCUT2D eigenvalue weighted by Gasteiger charge is 2.33. The molecule has 0 saturated heterocycles. The lowest BCUT2D eigenvalue weighted by Crippen LogP contribution is -2.13. The number of carbonyl (C=O) groups excluding carboxylic acids is 2. The second-order valence-electron chi connectivity index (χ2n) is 9.45. The summed E-state index contributed by atoms with van der Waals surface area (Å²) in [5, 5.41) is 0.405. The first-order chi connectivity index (χ1) is 23.0. The van der Waals surface area contributed by atoms with E-state index >= 15 is 0 Å². The summed E-state index contributed by atoms with van der Waals surface area (Å²) >= 11 is 1.35. The van der Waals surface area contributed by atoms with Gasteiger partial charge < -0.3 is 20.9 Å². The molecule has 4 aromatic rings. The lowest BCUT2D eigenvalue weighted by Gasteiger charge is -2.12. The number of anilines is 2. The van der Waals surface area contributed by atoms with E-state index in [0.717, 1.165) is 55.5 Å².